The van der Waals surface area contributed by atoms with Gasteiger partial charge in [-0.3, -0.25) is 0 Å². The van der Waals surface area contributed by atoms with Crippen molar-refractivity contribution in [1.29, 1.82) is 0 Å². The average Bonchev–Trinajstić information content (AvgIpc) is 3.73. The molecule has 0 amide bonds. The summed E-state index contributed by atoms with van der Waals surface area (Å²) >= 11 is 3.31. The van der Waals surface area contributed by atoms with Gasteiger partial charge in [0.15, 0.2) is 0 Å². The van der Waals surface area contributed by atoms with E-state index in [-0.39, 0.29) is 0 Å². The number of benzene rings is 2. The van der Waals surface area contributed by atoms with E-state index in [2.05, 4.69) is 124 Å². The third-order valence-electron chi connectivity index (χ3n) is 7.88. The number of aryl methyl sites for hydroxylation is 6. The number of hydrogen-bond donors (Lipinski definition) is 2. The van der Waals surface area contributed by atoms with Crippen LogP contribution in [0.3, 0.4) is 0 Å². The number of hydrogen-bond acceptors (Lipinski definition) is 4. The number of allylic oxidation sites excluding steroid dienone is 2. The first-order valence-corrected chi connectivity index (χ1v) is 15.8. The molecule has 42 heavy (non-hydrogen) atoms. The lowest BCUT2D eigenvalue weighted by Gasteiger charge is -2.16. The minimum atomic E-state index is 0.963. The summed E-state index contributed by atoms with van der Waals surface area (Å²) in [4.78, 5) is 17.7. The summed E-state index contributed by atoms with van der Waals surface area (Å²) in [6, 6.07) is 17.7. The van der Waals surface area contributed by atoms with E-state index in [9.17, 15) is 0 Å². The van der Waals surface area contributed by atoms with Crippen LogP contribution < -0.4 is 0 Å². The zero-order chi connectivity index (χ0) is 29.1. The van der Waals surface area contributed by atoms with Gasteiger partial charge in [-0.05, 0) is 123 Å². The molecule has 7 rings (SSSR count). The van der Waals surface area contributed by atoms with E-state index >= 15 is 0 Å². The predicted molar refractivity (Wildman–Crippen MR) is 180 cm³/mol. The van der Waals surface area contributed by atoms with Crippen molar-refractivity contribution in [3.8, 4) is 0 Å². The van der Waals surface area contributed by atoms with Crippen LogP contribution in [0.4, 0.5) is 0 Å². The van der Waals surface area contributed by atoms with E-state index in [4.69, 9.17) is 9.98 Å². The lowest BCUT2D eigenvalue weighted by atomic mass is 9.91. The van der Waals surface area contributed by atoms with Crippen molar-refractivity contribution in [2.45, 2.75) is 51.6 Å². The van der Waals surface area contributed by atoms with E-state index in [1.165, 1.54) is 44.5 Å². The van der Waals surface area contributed by atoms with Crippen LogP contribution in [0.1, 0.15) is 55.9 Å². The fraction of sp³-hybridized carbons (Fsp3) is 0.167. The van der Waals surface area contributed by atoms with E-state index in [0.717, 1.165) is 54.1 Å². The Morgan fingerprint density at radius 1 is 0.500 bits per heavy atom. The molecular weight excluding hydrogens is 553 g/mol. The van der Waals surface area contributed by atoms with Gasteiger partial charge in [0, 0.05) is 22.5 Å². The van der Waals surface area contributed by atoms with E-state index in [0.29, 0.717) is 0 Å². The van der Waals surface area contributed by atoms with Crippen LogP contribution in [0.15, 0.2) is 104 Å². The van der Waals surface area contributed by atoms with Crippen molar-refractivity contribution in [2.24, 2.45) is 9.98 Å². The third-order valence-corrected chi connectivity index (χ3v) is 9.67. The summed E-state index contributed by atoms with van der Waals surface area (Å²) in [5.74, 6) is 0. The highest BCUT2D eigenvalue weighted by molar-refractivity contribution is 8.14. The van der Waals surface area contributed by atoms with Gasteiger partial charge in [0.25, 0.3) is 0 Å². The molecule has 2 aromatic heterocycles. The van der Waals surface area contributed by atoms with Gasteiger partial charge >= 0.3 is 0 Å². The van der Waals surface area contributed by atoms with E-state index in [1.54, 1.807) is 23.5 Å². The molecule has 0 fully saturated rings. The molecule has 4 aromatic rings. The number of nitrogens with zero attached hydrogens (tertiary/aromatic N) is 2. The van der Waals surface area contributed by atoms with Crippen molar-refractivity contribution in [3.05, 3.63) is 140 Å². The molecule has 0 unspecified atom stereocenters. The Hall–Kier alpha value is -4.00. The molecule has 0 radical (unpaired) electrons. The van der Waals surface area contributed by atoms with Gasteiger partial charge < -0.3 is 9.97 Å². The van der Waals surface area contributed by atoms with Crippen molar-refractivity contribution in [1.82, 2.24) is 9.97 Å². The number of rotatable bonds is 2. The van der Waals surface area contributed by atoms with E-state index in [1.807, 2.05) is 0 Å². The molecule has 0 spiro atoms. The minimum absolute atomic E-state index is 0.963. The molecule has 0 saturated heterocycles. The highest BCUT2D eigenvalue weighted by Crippen LogP contribution is 2.40. The zero-order valence-electron chi connectivity index (χ0n) is 24.6. The van der Waals surface area contributed by atoms with Gasteiger partial charge in [-0.25, -0.2) is 9.98 Å². The predicted octanol–water partition coefficient (Wildman–Crippen LogP) is 9.55. The maximum Gasteiger partial charge on any atom is 0.103 e. The summed E-state index contributed by atoms with van der Waals surface area (Å²) in [6.07, 6.45) is 8.54. The standard InChI is InChI=1S/C36H32N4S2/c1-19-15-21(3)33(22(4)16-19)35-25-7-11-29(37-25)41-31-13-9-27(39-31)36(34-23(5)17-20(2)18-24(34)6)28-10-14-32(40-28)42-30-12-8-26(35)38-30/h7-18,37,40H,1-6H3. The minimum Gasteiger partial charge on any atom is -0.349 e. The molecule has 6 heteroatoms. The maximum atomic E-state index is 5.16. The van der Waals surface area contributed by atoms with Gasteiger partial charge in [0.05, 0.1) is 21.4 Å². The normalized spacial score (nSPS) is 16.0. The zero-order valence-corrected chi connectivity index (χ0v) is 26.3. The van der Waals surface area contributed by atoms with Crippen LogP contribution in [0.5, 0.6) is 0 Å². The molecule has 2 N–H and O–H groups in total. The Bertz CT molecular complexity index is 1800. The van der Waals surface area contributed by atoms with Gasteiger partial charge in [0.1, 0.15) is 10.1 Å². The third kappa shape index (κ3) is 4.79. The number of aromatic nitrogens is 2. The number of aliphatic imine (C=N–C) groups is 2. The number of aromatic amines is 2. The summed E-state index contributed by atoms with van der Waals surface area (Å²) < 4.78 is 0. The smallest absolute Gasteiger partial charge is 0.103 e. The molecule has 0 aliphatic carbocycles. The van der Waals surface area contributed by atoms with Crippen LogP contribution in [0.2, 0.25) is 0 Å². The second kappa shape index (κ2) is 10.4. The fourth-order valence-electron chi connectivity index (χ4n) is 6.42. The van der Waals surface area contributed by atoms with Gasteiger partial charge in [-0.1, -0.05) is 58.9 Å². The number of nitrogens with one attached hydrogen (secondary N) is 2. The molecule has 208 valence electrons. The summed E-state index contributed by atoms with van der Waals surface area (Å²) in [6.45, 7) is 13.1. The van der Waals surface area contributed by atoms with Crippen molar-refractivity contribution >= 4 is 44.8 Å². The quantitative estimate of drug-likeness (QED) is 0.246. The first-order chi connectivity index (χ1) is 20.2. The molecule has 3 aliphatic heterocycles. The first kappa shape index (κ1) is 26.9. The molecule has 2 aromatic carbocycles. The number of fused-ring (bicyclic) bond motifs is 6. The maximum absolute atomic E-state index is 5.16. The Kier molecular flexibility index (Phi) is 6.63. The second-order valence-electron chi connectivity index (χ2n) is 11.3. The Labute approximate surface area is 255 Å². The first-order valence-electron chi connectivity index (χ1n) is 14.2. The monoisotopic (exact) mass is 584 g/mol. The van der Waals surface area contributed by atoms with Crippen LogP contribution in [-0.4, -0.2) is 20.1 Å². The molecule has 0 saturated carbocycles. The van der Waals surface area contributed by atoms with Crippen LogP contribution in [0.25, 0.3) is 11.1 Å². The Balaban J connectivity index is 1.43. The Morgan fingerprint density at radius 2 is 0.881 bits per heavy atom. The van der Waals surface area contributed by atoms with E-state index < -0.39 is 0 Å². The van der Waals surface area contributed by atoms with Crippen LogP contribution in [-0.2, 0) is 0 Å². The lowest BCUT2D eigenvalue weighted by Crippen LogP contribution is -2.00. The summed E-state index contributed by atoms with van der Waals surface area (Å²) in [5.41, 5.74) is 16.3. The van der Waals surface area contributed by atoms with Crippen LogP contribution >= 0.6 is 23.5 Å². The SMILES string of the molecule is Cc1cc(C)c(C2=C3C=CC(=N3)Sc3ccc([nH]3)C(c3c(C)cc(C)cc3C)=C3C=CC(=N3)Sc3ccc2[nH]3)c(C)c1. The average molecular weight is 585 g/mol. The molecule has 0 atom stereocenters. The Morgan fingerprint density at radius 3 is 1.26 bits per heavy atom. The summed E-state index contributed by atoms with van der Waals surface area (Å²) in [5, 5.41) is 4.03. The molecule has 8 bridgehead atoms. The van der Waals surface area contributed by atoms with Crippen LogP contribution in [0, 0.1) is 41.5 Å². The number of thioether (sulfide) groups is 2. The highest BCUT2D eigenvalue weighted by Gasteiger charge is 2.23. The second-order valence-corrected chi connectivity index (χ2v) is 13.4. The van der Waals surface area contributed by atoms with Crippen molar-refractivity contribution in [3.63, 3.8) is 0 Å². The molecule has 3 aliphatic rings. The highest BCUT2D eigenvalue weighted by atomic mass is 32.2. The largest absolute Gasteiger partial charge is 0.349 e. The molecular formula is C36H32N4S2. The van der Waals surface area contributed by atoms with Crippen molar-refractivity contribution in [2.75, 3.05) is 0 Å². The molecule has 5 heterocycles. The summed E-state index contributed by atoms with van der Waals surface area (Å²) in [7, 11) is 0. The fourth-order valence-corrected chi connectivity index (χ4v) is 8.02. The topological polar surface area (TPSA) is 56.3 Å². The van der Waals surface area contributed by atoms with Gasteiger partial charge in [-0.2, -0.15) is 0 Å². The van der Waals surface area contributed by atoms with Crippen molar-refractivity contribution < 1.29 is 0 Å². The lowest BCUT2D eigenvalue weighted by molar-refractivity contribution is 1.17. The number of H-pyrrole nitrogens is 2. The molecule has 4 nitrogen and oxygen atoms in total. The van der Waals surface area contributed by atoms with Gasteiger partial charge in [-0.15, -0.1) is 0 Å². The van der Waals surface area contributed by atoms with Gasteiger partial charge in [0.2, 0.25) is 0 Å².